The van der Waals surface area contributed by atoms with Gasteiger partial charge in [-0.3, -0.25) is 9.36 Å². The SMILES string of the molecule is Cc1ccc(NC(=O)[C@@H](C)Sc2n[nH]c(=O)n2C[C@H]2CCCO2)c(C)c1. The zero-order valence-electron chi connectivity index (χ0n) is 15.2. The summed E-state index contributed by atoms with van der Waals surface area (Å²) in [6.45, 7) is 6.98. The molecule has 8 heteroatoms. The maximum Gasteiger partial charge on any atom is 0.344 e. The summed E-state index contributed by atoms with van der Waals surface area (Å²) in [7, 11) is 0. The minimum absolute atomic E-state index is 0.0315. The zero-order chi connectivity index (χ0) is 18.7. The van der Waals surface area contributed by atoms with E-state index in [1.807, 2.05) is 32.0 Å². The van der Waals surface area contributed by atoms with Gasteiger partial charge in [0.15, 0.2) is 5.16 Å². The fourth-order valence-corrected chi connectivity index (χ4v) is 3.81. The second kappa shape index (κ2) is 8.09. The van der Waals surface area contributed by atoms with Gasteiger partial charge in [-0.15, -0.1) is 5.10 Å². The Labute approximate surface area is 156 Å². The molecule has 1 saturated heterocycles. The molecule has 2 atom stereocenters. The largest absolute Gasteiger partial charge is 0.376 e. The van der Waals surface area contributed by atoms with E-state index >= 15 is 0 Å². The molecule has 1 aromatic carbocycles. The van der Waals surface area contributed by atoms with Crippen LogP contribution in [-0.2, 0) is 16.1 Å². The average molecular weight is 376 g/mol. The van der Waals surface area contributed by atoms with E-state index < -0.39 is 5.25 Å². The lowest BCUT2D eigenvalue weighted by Gasteiger charge is -2.15. The highest BCUT2D eigenvalue weighted by Gasteiger charge is 2.23. The van der Waals surface area contributed by atoms with Crippen LogP contribution in [0.25, 0.3) is 0 Å². The number of hydrogen-bond donors (Lipinski definition) is 2. The third-order valence-corrected chi connectivity index (χ3v) is 5.51. The lowest BCUT2D eigenvalue weighted by atomic mass is 10.1. The second-order valence-corrected chi connectivity index (χ2v) is 7.93. The fraction of sp³-hybridized carbons (Fsp3) is 0.500. The quantitative estimate of drug-likeness (QED) is 0.756. The third-order valence-electron chi connectivity index (χ3n) is 4.42. The zero-order valence-corrected chi connectivity index (χ0v) is 16.1. The van der Waals surface area contributed by atoms with Gasteiger partial charge in [0, 0.05) is 12.3 Å². The van der Waals surface area contributed by atoms with Crippen LogP contribution in [0.5, 0.6) is 0 Å². The van der Waals surface area contributed by atoms with Crippen LogP contribution in [0.4, 0.5) is 5.69 Å². The number of benzene rings is 1. The van der Waals surface area contributed by atoms with Crippen molar-refractivity contribution in [1.82, 2.24) is 14.8 Å². The summed E-state index contributed by atoms with van der Waals surface area (Å²) in [5.41, 5.74) is 2.69. The van der Waals surface area contributed by atoms with Crippen molar-refractivity contribution in [2.45, 2.75) is 56.7 Å². The van der Waals surface area contributed by atoms with Crippen molar-refractivity contribution < 1.29 is 9.53 Å². The van der Waals surface area contributed by atoms with Crippen LogP contribution in [0.1, 0.15) is 30.9 Å². The number of carbonyl (C=O) groups is 1. The number of aryl methyl sites for hydroxylation is 2. The number of nitrogens with one attached hydrogen (secondary N) is 2. The van der Waals surface area contributed by atoms with Crippen LogP contribution in [0.2, 0.25) is 0 Å². The number of amides is 1. The molecule has 0 aliphatic carbocycles. The molecule has 0 radical (unpaired) electrons. The minimum Gasteiger partial charge on any atom is -0.376 e. The Morgan fingerprint density at radius 2 is 2.31 bits per heavy atom. The third kappa shape index (κ3) is 4.37. The van der Waals surface area contributed by atoms with Crippen LogP contribution in [-0.4, -0.2) is 38.6 Å². The second-order valence-electron chi connectivity index (χ2n) is 6.62. The lowest BCUT2D eigenvalue weighted by Crippen LogP contribution is -2.27. The molecule has 2 heterocycles. The minimum atomic E-state index is -0.394. The lowest BCUT2D eigenvalue weighted by molar-refractivity contribution is -0.115. The number of H-pyrrole nitrogens is 1. The van der Waals surface area contributed by atoms with Crippen molar-refractivity contribution >= 4 is 23.4 Å². The summed E-state index contributed by atoms with van der Waals surface area (Å²) < 4.78 is 7.16. The first kappa shape index (κ1) is 18.7. The average Bonchev–Trinajstić information content (AvgIpc) is 3.22. The summed E-state index contributed by atoms with van der Waals surface area (Å²) in [6.07, 6.45) is 1.97. The van der Waals surface area contributed by atoms with Gasteiger partial charge in [0.1, 0.15) is 0 Å². The Morgan fingerprint density at radius 1 is 1.50 bits per heavy atom. The number of aromatic amines is 1. The number of ether oxygens (including phenoxy) is 1. The molecule has 2 N–H and O–H groups in total. The monoisotopic (exact) mass is 376 g/mol. The van der Waals surface area contributed by atoms with Gasteiger partial charge < -0.3 is 10.1 Å². The topological polar surface area (TPSA) is 89.0 Å². The van der Waals surface area contributed by atoms with Gasteiger partial charge in [0.25, 0.3) is 0 Å². The molecule has 1 aliphatic heterocycles. The molecule has 1 aromatic heterocycles. The van der Waals surface area contributed by atoms with Crippen molar-refractivity contribution in [3.63, 3.8) is 0 Å². The predicted molar refractivity (Wildman–Crippen MR) is 102 cm³/mol. The highest BCUT2D eigenvalue weighted by atomic mass is 32.2. The van der Waals surface area contributed by atoms with E-state index in [9.17, 15) is 9.59 Å². The van der Waals surface area contributed by atoms with Crippen molar-refractivity contribution in [2.75, 3.05) is 11.9 Å². The van der Waals surface area contributed by atoms with Gasteiger partial charge in [-0.1, -0.05) is 29.5 Å². The van der Waals surface area contributed by atoms with Crippen LogP contribution in [0.15, 0.2) is 28.2 Å². The summed E-state index contributed by atoms with van der Waals surface area (Å²) in [5, 5.41) is 9.60. The van der Waals surface area contributed by atoms with E-state index in [1.54, 1.807) is 11.5 Å². The van der Waals surface area contributed by atoms with Crippen LogP contribution in [0, 0.1) is 13.8 Å². The van der Waals surface area contributed by atoms with E-state index in [0.717, 1.165) is 36.3 Å². The summed E-state index contributed by atoms with van der Waals surface area (Å²) >= 11 is 1.26. The molecule has 0 bridgehead atoms. The molecule has 0 spiro atoms. The molecule has 1 amide bonds. The normalized spacial score (nSPS) is 18.0. The standard InChI is InChI=1S/C18H24N4O3S/c1-11-6-7-15(12(2)9-11)19-16(23)13(3)26-18-21-20-17(24)22(18)10-14-5-4-8-25-14/h6-7,9,13-14H,4-5,8,10H2,1-3H3,(H,19,23)(H,20,24)/t13-,14-/m1/s1. The van der Waals surface area contributed by atoms with E-state index in [-0.39, 0.29) is 17.7 Å². The number of hydrogen-bond acceptors (Lipinski definition) is 5. The van der Waals surface area contributed by atoms with Gasteiger partial charge in [-0.05, 0) is 45.2 Å². The molecule has 2 aromatic rings. The molecular formula is C18H24N4O3S. The Kier molecular flexibility index (Phi) is 5.83. The first-order valence-corrected chi connectivity index (χ1v) is 9.63. The van der Waals surface area contributed by atoms with Crippen molar-refractivity contribution in [3.05, 3.63) is 39.8 Å². The molecule has 7 nitrogen and oxygen atoms in total. The number of aromatic nitrogens is 3. The first-order valence-electron chi connectivity index (χ1n) is 8.75. The van der Waals surface area contributed by atoms with Gasteiger partial charge in [-0.25, -0.2) is 9.89 Å². The predicted octanol–water partition coefficient (Wildman–Crippen LogP) is 2.49. The number of anilines is 1. The molecule has 3 rings (SSSR count). The maximum atomic E-state index is 12.5. The maximum absolute atomic E-state index is 12.5. The number of thioether (sulfide) groups is 1. The van der Waals surface area contributed by atoms with E-state index in [4.69, 9.17) is 4.74 Å². The Balaban J connectivity index is 1.66. The Hall–Kier alpha value is -2.06. The van der Waals surface area contributed by atoms with Gasteiger partial charge in [-0.2, -0.15) is 0 Å². The Morgan fingerprint density at radius 3 is 3.00 bits per heavy atom. The first-order chi connectivity index (χ1) is 12.4. The van der Waals surface area contributed by atoms with Crippen molar-refractivity contribution in [1.29, 1.82) is 0 Å². The summed E-state index contributed by atoms with van der Waals surface area (Å²) in [6, 6.07) is 5.90. The Bertz CT molecular complexity index is 839. The summed E-state index contributed by atoms with van der Waals surface area (Å²) in [5.74, 6) is -0.124. The van der Waals surface area contributed by atoms with E-state index in [1.165, 1.54) is 11.8 Å². The van der Waals surface area contributed by atoms with Crippen molar-refractivity contribution in [2.24, 2.45) is 0 Å². The molecule has 0 saturated carbocycles. The highest BCUT2D eigenvalue weighted by molar-refractivity contribution is 8.00. The van der Waals surface area contributed by atoms with Crippen LogP contribution < -0.4 is 11.0 Å². The van der Waals surface area contributed by atoms with Crippen LogP contribution in [0.3, 0.4) is 0 Å². The highest BCUT2D eigenvalue weighted by Crippen LogP contribution is 2.24. The van der Waals surface area contributed by atoms with Gasteiger partial charge in [0.2, 0.25) is 5.91 Å². The van der Waals surface area contributed by atoms with Crippen molar-refractivity contribution in [3.8, 4) is 0 Å². The van der Waals surface area contributed by atoms with Gasteiger partial charge >= 0.3 is 5.69 Å². The molecule has 0 unspecified atom stereocenters. The molecule has 140 valence electrons. The van der Waals surface area contributed by atoms with E-state index in [2.05, 4.69) is 15.5 Å². The van der Waals surface area contributed by atoms with Crippen LogP contribution >= 0.6 is 11.8 Å². The summed E-state index contributed by atoms with van der Waals surface area (Å²) in [4.78, 5) is 24.6. The molecular weight excluding hydrogens is 352 g/mol. The number of nitrogens with zero attached hydrogens (tertiary/aromatic N) is 2. The van der Waals surface area contributed by atoms with E-state index in [0.29, 0.717) is 11.7 Å². The smallest absolute Gasteiger partial charge is 0.344 e. The van der Waals surface area contributed by atoms with Gasteiger partial charge in [0.05, 0.1) is 17.9 Å². The molecule has 1 aliphatic rings. The fourth-order valence-electron chi connectivity index (χ4n) is 2.95. The molecule has 1 fully saturated rings. The number of rotatable bonds is 6. The molecule has 26 heavy (non-hydrogen) atoms. The number of carbonyl (C=O) groups excluding carboxylic acids is 1.